The van der Waals surface area contributed by atoms with Gasteiger partial charge in [-0.15, -0.1) is 14.5 Å². The SMILES string of the molecule is C.C.CC(C)(C)OC(=O)N(CC(=O)CNC(=O)[C@@H]1CC[C@@H]2CN1C(=O)N2OCc1ccccc1)C1CCCC1.CC(C)(C)OC(=O)N(CC(=O)NN)C1CCCC1.CCOC(=O)C=O.CCOC(=O)CN(C(=O)OC(C)(C)C)C1CCCC1.CCOC(=O)CNC1CCCC1.NC1CCCC1.NN.O.O=C(O)[C@@H]1CC[C@@H]2CN1C(=O)N2OCc1ccccc1.O=C1N2C[C@@H](CC[C@H]2c2nnc(CN[C@@H]3CCNC3)o2)N1OS(=O)(=O)O. The number of piperidine rings is 3. The molecule has 12 fully saturated rings. The monoisotopic (exact) mass is 2150 g/mol. The van der Waals surface area contributed by atoms with E-state index >= 15 is 0 Å². The molecule has 11 amide bonds. The fourth-order valence-electron chi connectivity index (χ4n) is 18.6. The molecule has 0 unspecified atom stereocenters. The molecule has 2 aromatic carbocycles. The van der Waals surface area contributed by atoms with Crippen molar-refractivity contribution in [3.05, 3.63) is 83.6 Å². The number of aliphatic carboxylic acids is 1. The summed E-state index contributed by atoms with van der Waals surface area (Å²) in [5.74, 6) is 10.5. The van der Waals surface area contributed by atoms with Gasteiger partial charge in [-0.3, -0.25) is 74.8 Å². The molecule has 6 bridgehead atoms. The Morgan fingerprint density at radius 3 is 1.36 bits per heavy atom. The summed E-state index contributed by atoms with van der Waals surface area (Å²) in [6, 6.07) is 17.1. The first-order valence-electron chi connectivity index (χ1n) is 51.2. The maximum atomic E-state index is 13.0. The zero-order valence-corrected chi connectivity index (χ0v) is 88.6. The largest absolute Gasteiger partial charge is 0.480 e. The number of aromatic nitrogens is 2. The average Bonchev–Trinajstić information content (AvgIpc) is 1.62. The molecule has 1 aromatic heterocycles. The number of hydrogen-bond donors (Lipinski definition) is 11. The predicted octanol–water partition coefficient (Wildman–Crippen LogP) is 8.79. The molecule has 7 atom stereocenters. The van der Waals surface area contributed by atoms with Crippen molar-refractivity contribution in [1.82, 2.24) is 81.5 Å². The number of nitrogens with two attached hydrogens (primary N) is 4. The molecule has 150 heavy (non-hydrogen) atoms. The lowest BCUT2D eigenvalue weighted by molar-refractivity contribution is -0.148. The maximum absolute atomic E-state index is 13.0. The van der Waals surface area contributed by atoms with Gasteiger partial charge in [0.1, 0.15) is 61.2 Å². The van der Waals surface area contributed by atoms with Crippen LogP contribution in [0.25, 0.3) is 0 Å². The summed E-state index contributed by atoms with van der Waals surface area (Å²) in [4.78, 5) is 185. The van der Waals surface area contributed by atoms with Crippen LogP contribution in [0.15, 0.2) is 65.1 Å². The highest BCUT2D eigenvalue weighted by molar-refractivity contribution is 7.80. The number of rotatable bonds is 32. The molecule has 3 aromatic rings. The Labute approximate surface area is 881 Å². The molecule has 7 aliphatic heterocycles. The van der Waals surface area contributed by atoms with E-state index in [4.69, 9.17) is 59.0 Å². The van der Waals surface area contributed by atoms with Crippen molar-refractivity contribution in [3.8, 4) is 0 Å². The fraction of sp³-hybridized carbons (Fsp3) is 0.720. The van der Waals surface area contributed by atoms with Crippen LogP contribution in [0.5, 0.6) is 0 Å². The molecular weight excluding hydrogens is 1980 g/mol. The number of carboxylic acids is 1. The van der Waals surface area contributed by atoms with Crippen LogP contribution in [0.1, 0.15) is 300 Å². The number of ketones is 1. The van der Waals surface area contributed by atoms with Gasteiger partial charge in [-0.25, -0.2) is 44.2 Å². The van der Waals surface area contributed by atoms with E-state index in [1.165, 1.54) is 90.9 Å². The molecule has 850 valence electrons. The van der Waals surface area contributed by atoms with Gasteiger partial charge in [-0.2, -0.15) is 23.6 Å². The predicted molar refractivity (Wildman–Crippen MR) is 550 cm³/mol. The maximum Gasteiger partial charge on any atom is 0.418 e. The molecule has 0 spiro atoms. The first-order valence-corrected chi connectivity index (χ1v) is 52.6. The first-order chi connectivity index (χ1) is 69.9. The van der Waals surface area contributed by atoms with Crippen molar-refractivity contribution in [1.29, 1.82) is 0 Å². The van der Waals surface area contributed by atoms with Crippen LogP contribution in [0.3, 0.4) is 0 Å². The number of hydroxylamine groups is 6. The number of fused-ring (bicyclic) bond motifs is 6. The van der Waals surface area contributed by atoms with Crippen molar-refractivity contribution in [3.63, 3.8) is 0 Å². The van der Waals surface area contributed by atoms with Crippen molar-refractivity contribution >= 4 is 94.5 Å². The average molecular weight is 2150 g/mol. The van der Waals surface area contributed by atoms with E-state index in [9.17, 15) is 75.5 Å². The van der Waals surface area contributed by atoms with Gasteiger partial charge in [-0.05, 0) is 210 Å². The van der Waals surface area contributed by atoms with Gasteiger partial charge in [-0.1, -0.05) is 140 Å². The van der Waals surface area contributed by atoms with Crippen LogP contribution in [-0.2, 0) is 111 Å². The van der Waals surface area contributed by atoms with Crippen molar-refractivity contribution in [2.45, 2.75) is 380 Å². The molecule has 15 rings (SSSR count). The molecule has 8 heterocycles. The van der Waals surface area contributed by atoms with Crippen LogP contribution in [0.4, 0.5) is 28.8 Å². The van der Waals surface area contributed by atoms with E-state index in [1.807, 2.05) is 93.8 Å². The number of aldehydes is 1. The Bertz CT molecular complexity index is 4730. The van der Waals surface area contributed by atoms with Crippen LogP contribution in [-0.4, -0.2) is 331 Å². The number of hydrazine groups is 2. The van der Waals surface area contributed by atoms with E-state index in [1.54, 1.807) is 55.4 Å². The number of carbonyl (C=O) groups excluding carboxylic acids is 13. The lowest BCUT2D eigenvalue weighted by atomic mass is 10.0. The van der Waals surface area contributed by atoms with Gasteiger partial charge in [0.15, 0.2) is 5.78 Å². The molecule has 49 nitrogen and oxygen atoms in total. The number of amides is 11. The minimum atomic E-state index is -4.76. The number of esters is 3. The Hall–Kier alpha value is -11.2. The zero-order chi connectivity index (χ0) is 108. The highest BCUT2D eigenvalue weighted by atomic mass is 32.3. The van der Waals surface area contributed by atoms with Crippen LogP contribution in [0, 0.1) is 0 Å². The highest BCUT2D eigenvalue weighted by Crippen LogP contribution is 2.40. The van der Waals surface area contributed by atoms with Crippen molar-refractivity contribution < 1.29 is 137 Å². The van der Waals surface area contributed by atoms with Crippen LogP contribution in [0.2, 0.25) is 0 Å². The third-order valence-corrected chi connectivity index (χ3v) is 25.9. The summed E-state index contributed by atoms with van der Waals surface area (Å²) in [6.45, 7) is 26.6. The number of Topliss-reactive ketones (excluding diaryl/α,β-unsaturated/α-hetero) is 1. The third kappa shape index (κ3) is 45.0. The summed E-state index contributed by atoms with van der Waals surface area (Å²) >= 11 is 0. The summed E-state index contributed by atoms with van der Waals surface area (Å²) in [5.41, 5.74) is 7.74. The second kappa shape index (κ2) is 65.9. The van der Waals surface area contributed by atoms with Crippen LogP contribution >= 0.6 is 0 Å². The minimum absolute atomic E-state index is 0. The van der Waals surface area contributed by atoms with Gasteiger partial charge < -0.3 is 85.1 Å². The van der Waals surface area contributed by atoms with E-state index in [0.717, 1.165) is 108 Å². The van der Waals surface area contributed by atoms with E-state index in [2.05, 4.69) is 52.2 Å². The lowest BCUT2D eigenvalue weighted by Gasteiger charge is -2.31. The molecule has 50 heteroatoms. The summed E-state index contributed by atoms with van der Waals surface area (Å²) in [5, 5.41) is 33.1. The van der Waals surface area contributed by atoms with Gasteiger partial charge in [0.2, 0.25) is 24.0 Å². The normalized spacial score (nSPS) is 20.6. The highest BCUT2D eigenvalue weighted by Gasteiger charge is 2.52. The third-order valence-electron chi connectivity index (χ3n) is 25.6. The molecule has 5 aliphatic carbocycles. The Morgan fingerprint density at radius 2 is 0.940 bits per heavy atom. The number of carboxylic acid groups (broad SMARTS) is 1. The van der Waals surface area contributed by atoms with E-state index < -0.39 is 87.6 Å². The Balaban J connectivity index is 0.000000372. The smallest absolute Gasteiger partial charge is 0.418 e. The standard InChI is InChI=1S/C27H38N4O6.C14H16N2O4.C14H25NO4.C13H20N6O6S.C12H23N3O3.C9H17NO2.C5H11N.C4H6O3.2CH4.H4N2.H2O/c1-27(2,3)37-26(35)29(20-11-7-8-12-20)17-22(32)15-28-24(33)23-14-13-21-16-30(23)25(34)31(21)36-18-19-9-5-4-6-10-19;17-13(18)12-7-6-11-8-15(12)14(19)16(11)20-9-10-4-2-1-3-5-10;1-5-18-12(16)10-15(11-8-6-7-9-11)13(17)19-14(2,3)4;20-13-18-7-9(19(13)25-26(21,22)23)1-2-10(18)12-17-16-11(24-12)6-15-8-3-4-14-5-8;1-12(2,3)18-11(17)15(8-10(16)14-13)9-6-4-5-7-9;1-2-12-9(11)7-10-8-5-3-4-6-8;6-5-3-1-2-4-5;1-2-7-4(6)3-5;;;1-2;/h4-6,9-10,20-21,23H,7-8,11-18H2,1-3H3,(H,28,33);1-5,11-12H,6-9H2,(H,17,18);11H,5-10H2,1-4H3;8-10,14-15H,1-7H2,(H,21,22,23);9H,4-8,13H2,1-3H3,(H,14,16);8,10H,2-7H2,1H3;5H,1-4,6H2;3H,2H2,1H3;2*1H4;1-2H2;1H2/t21-,23+;11-,12+;;8-,9-,10+;;;;;;;;/m11.1......../s1. The quantitative estimate of drug-likeness (QED) is 0.00406. The number of hydrogen-bond acceptors (Lipinski definition) is 35. The van der Waals surface area contributed by atoms with Gasteiger partial charge >= 0.3 is 70.6 Å². The van der Waals surface area contributed by atoms with Crippen molar-refractivity contribution in [2.24, 2.45) is 23.3 Å². The second-order valence-electron chi connectivity index (χ2n) is 40.3. The summed E-state index contributed by atoms with van der Waals surface area (Å²) < 4.78 is 70.9. The number of benzene rings is 2. The summed E-state index contributed by atoms with van der Waals surface area (Å²) in [7, 11) is -4.76. The van der Waals surface area contributed by atoms with Gasteiger partial charge in [0.05, 0.1) is 64.1 Å². The molecular formula is C100H170N20O29S. The molecule has 5 saturated carbocycles. The molecule has 0 radical (unpaired) electrons. The lowest BCUT2D eigenvalue weighted by Crippen LogP contribution is -2.51. The van der Waals surface area contributed by atoms with Crippen LogP contribution < -0.4 is 50.0 Å². The van der Waals surface area contributed by atoms with Gasteiger partial charge in [0, 0.05) is 62.4 Å². The topological polar surface area (TPSA) is 660 Å². The first kappa shape index (κ1) is 131. The number of ether oxygens (including phenoxy) is 6. The Morgan fingerprint density at radius 1 is 0.520 bits per heavy atom. The number of carbonyl (C=O) groups is 14. The minimum Gasteiger partial charge on any atom is -0.480 e. The van der Waals surface area contributed by atoms with Crippen molar-refractivity contribution in [2.75, 3.05) is 85.3 Å². The number of urea groups is 3. The van der Waals surface area contributed by atoms with E-state index in [-0.39, 0.29) is 144 Å². The molecule has 12 aliphatic rings. The Kier molecular flexibility index (Phi) is 57.6. The van der Waals surface area contributed by atoms with Gasteiger partial charge in [0.25, 0.3) is 5.91 Å². The zero-order valence-electron chi connectivity index (χ0n) is 87.8. The van der Waals surface area contributed by atoms with E-state index in [0.29, 0.717) is 119 Å². The number of nitrogens with one attached hydrogen (secondary N) is 5. The number of nitrogens with zero attached hydrogens (tertiary/aromatic N) is 11. The molecule has 17 N–H and O–H groups in total. The fourth-order valence-corrected chi connectivity index (χ4v) is 19.0. The second-order valence-corrected chi connectivity index (χ2v) is 41.3. The summed E-state index contributed by atoms with van der Waals surface area (Å²) in [6.07, 6.45) is 25.1. The molecule has 7 saturated heterocycles.